The van der Waals surface area contributed by atoms with Crippen LogP contribution in [0.1, 0.15) is 6.42 Å². The van der Waals surface area contributed by atoms with Crippen LogP contribution in [0, 0.1) is 6.08 Å². The molecule has 0 unspecified atom stereocenters. The molecule has 140 valence electrons. The number of halogens is 3. The summed E-state index contributed by atoms with van der Waals surface area (Å²) >= 11 is 0. The standard InChI is InChI=1S/C23H19Si.3ClH.Ti/c1-4-12-20(13-5-1)24(23-18-10-11-19-23,21-14-6-2-7-15-21)22-16-8-3-9-17-22;;;;/h1-17H,18H2;3*1H;/q-1;;;;+4/p-3. The van der Waals surface area contributed by atoms with E-state index in [1.54, 1.807) is 0 Å². The molecule has 0 heterocycles. The molecule has 0 N–H and O–H groups in total. The zero-order valence-corrected chi connectivity index (χ0v) is 20.0. The molecule has 28 heavy (non-hydrogen) atoms. The molecule has 0 fully saturated rings. The fourth-order valence-corrected chi connectivity index (χ4v) is 8.59. The van der Waals surface area contributed by atoms with Gasteiger partial charge in [-0.25, -0.2) is 12.2 Å². The topological polar surface area (TPSA) is 0 Å². The van der Waals surface area contributed by atoms with Crippen molar-refractivity contribution in [2.24, 2.45) is 0 Å². The van der Waals surface area contributed by atoms with E-state index in [0.717, 1.165) is 6.42 Å². The third kappa shape index (κ3) is 4.91. The van der Waals surface area contributed by atoms with Crippen molar-refractivity contribution in [2.75, 3.05) is 0 Å². The van der Waals surface area contributed by atoms with E-state index in [-0.39, 0.29) is 58.9 Å². The molecule has 0 saturated carbocycles. The van der Waals surface area contributed by atoms with Gasteiger partial charge in [-0.05, 0) is 15.6 Å². The molecule has 1 aliphatic rings. The number of hydrogen-bond donors (Lipinski definition) is 0. The second-order valence-electron chi connectivity index (χ2n) is 6.08. The van der Waals surface area contributed by atoms with Crippen molar-refractivity contribution < 1.29 is 58.9 Å². The van der Waals surface area contributed by atoms with Gasteiger partial charge in [0.1, 0.15) is 0 Å². The van der Waals surface area contributed by atoms with Crippen LogP contribution >= 0.6 is 0 Å². The van der Waals surface area contributed by atoms with E-state index < -0.39 is 8.07 Å². The summed E-state index contributed by atoms with van der Waals surface area (Å²) in [5, 5.41) is 5.71. The van der Waals surface area contributed by atoms with Crippen molar-refractivity contribution in [1.29, 1.82) is 0 Å². The zero-order valence-electron chi connectivity index (χ0n) is 15.2. The van der Waals surface area contributed by atoms with E-state index in [4.69, 9.17) is 0 Å². The van der Waals surface area contributed by atoms with Crippen molar-refractivity contribution in [2.45, 2.75) is 6.42 Å². The Morgan fingerprint density at radius 1 is 0.571 bits per heavy atom. The van der Waals surface area contributed by atoms with Gasteiger partial charge in [0.15, 0.2) is 8.07 Å². The van der Waals surface area contributed by atoms with E-state index in [1.165, 1.54) is 20.8 Å². The SMILES string of the molecule is [C-]1=C([Si](c2ccccc2)(c2ccccc2)c2ccccc2)CC=C1.[Cl-].[Cl-].[Cl-].[Ti+4]. The minimum atomic E-state index is -2.25. The molecule has 0 aliphatic heterocycles. The van der Waals surface area contributed by atoms with Crippen LogP contribution in [-0.4, -0.2) is 8.07 Å². The predicted octanol–water partition coefficient (Wildman–Crippen LogP) is -5.61. The number of rotatable bonds is 4. The van der Waals surface area contributed by atoms with Crippen molar-refractivity contribution in [3.05, 3.63) is 114 Å². The van der Waals surface area contributed by atoms with Crippen LogP contribution in [0.25, 0.3) is 0 Å². The van der Waals surface area contributed by atoms with Gasteiger partial charge in [-0.3, -0.25) is 6.08 Å². The van der Waals surface area contributed by atoms with Crippen LogP contribution in [-0.2, 0) is 21.7 Å². The third-order valence-electron chi connectivity index (χ3n) is 4.77. The second kappa shape index (κ2) is 12.5. The zero-order chi connectivity index (χ0) is 16.2. The number of allylic oxidation sites excluding steroid dienone is 4. The summed E-state index contributed by atoms with van der Waals surface area (Å²) in [4.78, 5) is 0. The Morgan fingerprint density at radius 2 is 0.929 bits per heavy atom. The molecule has 1 aliphatic carbocycles. The van der Waals surface area contributed by atoms with Gasteiger partial charge in [0.25, 0.3) is 0 Å². The van der Waals surface area contributed by atoms with Crippen molar-refractivity contribution in [1.82, 2.24) is 0 Å². The maximum absolute atomic E-state index is 3.59. The summed E-state index contributed by atoms with van der Waals surface area (Å²) in [7, 11) is -2.25. The van der Waals surface area contributed by atoms with Crippen LogP contribution in [0.5, 0.6) is 0 Å². The molecule has 0 radical (unpaired) electrons. The van der Waals surface area contributed by atoms with Crippen molar-refractivity contribution in [3.63, 3.8) is 0 Å². The van der Waals surface area contributed by atoms with Crippen molar-refractivity contribution in [3.8, 4) is 0 Å². The molecule has 0 spiro atoms. The average Bonchev–Trinajstić information content (AvgIpc) is 3.20. The monoisotopic (exact) mass is 476 g/mol. The first-order valence-corrected chi connectivity index (χ1v) is 10.4. The Balaban J connectivity index is 0.00000182. The molecule has 0 bridgehead atoms. The first-order chi connectivity index (χ1) is 11.9. The summed E-state index contributed by atoms with van der Waals surface area (Å²) in [6.45, 7) is 0. The van der Waals surface area contributed by atoms with Gasteiger partial charge in [-0.15, -0.1) is 0 Å². The van der Waals surface area contributed by atoms with E-state index >= 15 is 0 Å². The number of hydrogen-bond acceptors (Lipinski definition) is 0. The Morgan fingerprint density at radius 3 is 1.21 bits per heavy atom. The van der Waals surface area contributed by atoms with Gasteiger partial charge in [0, 0.05) is 0 Å². The van der Waals surface area contributed by atoms with Crippen LogP contribution in [0.15, 0.2) is 108 Å². The van der Waals surface area contributed by atoms with E-state index in [1.807, 2.05) is 0 Å². The van der Waals surface area contributed by atoms with Crippen LogP contribution < -0.4 is 52.8 Å². The largest absolute Gasteiger partial charge is 4.00 e. The Hall–Kier alpha value is -1.06. The molecule has 0 nitrogen and oxygen atoms in total. The normalized spacial score (nSPS) is 11.8. The fourth-order valence-electron chi connectivity index (χ4n) is 3.74. The molecular weight excluding hydrogens is 459 g/mol. The third-order valence-corrected chi connectivity index (χ3v) is 9.62. The molecule has 0 atom stereocenters. The maximum atomic E-state index is 3.59. The van der Waals surface area contributed by atoms with E-state index in [0.29, 0.717) is 0 Å². The minimum Gasteiger partial charge on any atom is -1.00 e. The summed E-state index contributed by atoms with van der Waals surface area (Å²) in [5.41, 5.74) is 0. The molecule has 5 heteroatoms. The van der Waals surface area contributed by atoms with E-state index in [9.17, 15) is 0 Å². The fraction of sp³-hybridized carbons (Fsp3) is 0.0435. The summed E-state index contributed by atoms with van der Waals surface area (Å²) < 4.78 is 0. The van der Waals surface area contributed by atoms with Gasteiger partial charge in [0.2, 0.25) is 0 Å². The van der Waals surface area contributed by atoms with Gasteiger partial charge in [-0.2, -0.15) is 5.20 Å². The second-order valence-corrected chi connectivity index (χ2v) is 9.91. The smallest absolute Gasteiger partial charge is 1.00 e. The molecule has 3 aromatic carbocycles. The van der Waals surface area contributed by atoms with Crippen LogP contribution in [0.3, 0.4) is 0 Å². The summed E-state index contributed by atoms with van der Waals surface area (Å²) in [6, 6.07) is 33.0. The molecule has 0 amide bonds. The quantitative estimate of drug-likeness (QED) is 0.200. The molecule has 0 aromatic heterocycles. The summed E-state index contributed by atoms with van der Waals surface area (Å²) in [5.74, 6) is 0. The molecule has 4 rings (SSSR count). The first-order valence-electron chi connectivity index (χ1n) is 8.37. The maximum Gasteiger partial charge on any atom is 4.00 e. The number of benzene rings is 3. The van der Waals surface area contributed by atoms with E-state index in [2.05, 4.69) is 109 Å². The average molecular weight is 478 g/mol. The van der Waals surface area contributed by atoms with Gasteiger partial charge < -0.3 is 37.2 Å². The Bertz CT molecular complexity index is 785. The van der Waals surface area contributed by atoms with Crippen LogP contribution in [0.4, 0.5) is 0 Å². The molecular formula is C23H19Cl3SiTi. The minimum absolute atomic E-state index is 0. The van der Waals surface area contributed by atoms with Gasteiger partial charge in [-0.1, -0.05) is 97.4 Å². The first kappa shape index (κ1) is 26.9. The van der Waals surface area contributed by atoms with Crippen LogP contribution in [0.2, 0.25) is 0 Å². The van der Waals surface area contributed by atoms with Gasteiger partial charge >= 0.3 is 21.7 Å². The predicted molar refractivity (Wildman–Crippen MR) is 104 cm³/mol. The Kier molecular flexibility index (Phi) is 12.0. The molecule has 3 aromatic rings. The Labute approximate surface area is 202 Å². The van der Waals surface area contributed by atoms with Gasteiger partial charge in [0.05, 0.1) is 0 Å². The van der Waals surface area contributed by atoms with Crippen molar-refractivity contribution >= 4 is 23.6 Å². The summed E-state index contributed by atoms with van der Waals surface area (Å²) in [6.07, 6.45) is 8.90. The molecule has 0 saturated heterocycles.